The van der Waals surface area contributed by atoms with E-state index >= 15 is 0 Å². The molecule has 0 aromatic heterocycles. The van der Waals surface area contributed by atoms with E-state index in [-0.39, 0.29) is 5.56 Å². The van der Waals surface area contributed by atoms with Gasteiger partial charge in [0.25, 0.3) is 0 Å². The molecule has 2 aromatic carbocycles. The van der Waals surface area contributed by atoms with Crippen molar-refractivity contribution in [3.8, 4) is 11.1 Å². The van der Waals surface area contributed by atoms with E-state index in [1.165, 1.54) is 0 Å². The molecule has 0 saturated heterocycles. The van der Waals surface area contributed by atoms with E-state index in [0.29, 0.717) is 5.56 Å². The maximum Gasteiger partial charge on any atom is 0.213 e. The molecule has 0 heterocycles. The Hall–Kier alpha value is -2.36. The molecule has 4 heteroatoms. The van der Waals surface area contributed by atoms with Crippen molar-refractivity contribution in [1.29, 1.82) is 10.8 Å². The lowest BCUT2D eigenvalue weighted by molar-refractivity contribution is 1.09. The standard InChI is InChI=1S/C12H8N2O2/c13-10-9(15)6-8(12(16)11(10)14)7-4-2-1-3-5-7/h1-6,13-14H. The van der Waals surface area contributed by atoms with Crippen LogP contribution in [0.5, 0.6) is 0 Å². The Labute approximate surface area is 90.2 Å². The predicted molar refractivity (Wildman–Crippen MR) is 58.5 cm³/mol. The number of benzene rings is 2. The fourth-order valence-corrected chi connectivity index (χ4v) is 1.47. The van der Waals surface area contributed by atoms with Crippen LogP contribution in [-0.2, 0) is 0 Å². The van der Waals surface area contributed by atoms with Gasteiger partial charge in [0.15, 0.2) is 0 Å². The monoisotopic (exact) mass is 212 g/mol. The van der Waals surface area contributed by atoms with Gasteiger partial charge in [-0.1, -0.05) is 30.3 Å². The smallest absolute Gasteiger partial charge is 0.213 e. The fourth-order valence-electron chi connectivity index (χ4n) is 1.47. The summed E-state index contributed by atoms with van der Waals surface area (Å²) in [6.45, 7) is 0. The second kappa shape index (κ2) is 3.66. The molecule has 0 aliphatic rings. The normalized spacial score (nSPS) is 10.2. The molecule has 78 valence electrons. The highest BCUT2D eigenvalue weighted by atomic mass is 16.1. The van der Waals surface area contributed by atoms with Crippen LogP contribution >= 0.6 is 0 Å². The minimum absolute atomic E-state index is 0.187. The van der Waals surface area contributed by atoms with Gasteiger partial charge in [-0.05, 0) is 11.6 Å². The Bertz CT molecular complexity index is 726. The van der Waals surface area contributed by atoms with E-state index < -0.39 is 21.6 Å². The summed E-state index contributed by atoms with van der Waals surface area (Å²) in [6.07, 6.45) is 0. The molecule has 0 fully saturated rings. The molecular formula is C12H8N2O2. The highest BCUT2D eigenvalue weighted by Gasteiger charge is 2.07. The molecule has 4 nitrogen and oxygen atoms in total. The third kappa shape index (κ3) is 1.50. The number of hydrogen-bond acceptors (Lipinski definition) is 4. The minimum atomic E-state index is -0.594. The molecule has 0 atom stereocenters. The van der Waals surface area contributed by atoms with Crippen LogP contribution in [0.2, 0.25) is 0 Å². The van der Waals surface area contributed by atoms with Gasteiger partial charge in [0.2, 0.25) is 10.9 Å². The van der Waals surface area contributed by atoms with Gasteiger partial charge in [0.1, 0.15) is 10.7 Å². The zero-order chi connectivity index (χ0) is 11.7. The first kappa shape index (κ1) is 10.2. The van der Waals surface area contributed by atoms with E-state index in [4.69, 9.17) is 10.8 Å². The van der Waals surface area contributed by atoms with Crippen LogP contribution in [-0.4, -0.2) is 0 Å². The first-order valence-electron chi connectivity index (χ1n) is 4.65. The molecule has 0 radical (unpaired) electrons. The summed E-state index contributed by atoms with van der Waals surface area (Å²) in [6, 6.07) is 9.80. The van der Waals surface area contributed by atoms with Gasteiger partial charge in [0, 0.05) is 5.56 Å². The zero-order valence-corrected chi connectivity index (χ0v) is 8.28. The second-order valence-electron chi connectivity index (χ2n) is 3.37. The van der Waals surface area contributed by atoms with Gasteiger partial charge in [-0.2, -0.15) is 0 Å². The van der Waals surface area contributed by atoms with Crippen molar-refractivity contribution in [2.75, 3.05) is 0 Å². The minimum Gasteiger partial charge on any atom is -0.295 e. The topological polar surface area (TPSA) is 81.8 Å². The average Bonchev–Trinajstić information content (AvgIpc) is 2.32. The molecular weight excluding hydrogens is 204 g/mol. The Morgan fingerprint density at radius 3 is 2.12 bits per heavy atom. The van der Waals surface area contributed by atoms with E-state index in [2.05, 4.69) is 0 Å². The van der Waals surface area contributed by atoms with Crippen molar-refractivity contribution >= 4 is 0 Å². The van der Waals surface area contributed by atoms with Gasteiger partial charge in [0.05, 0.1) is 0 Å². The van der Waals surface area contributed by atoms with Crippen LogP contribution in [0, 0.1) is 10.8 Å². The van der Waals surface area contributed by atoms with Crippen LogP contribution in [0.1, 0.15) is 0 Å². The summed E-state index contributed by atoms with van der Waals surface area (Å²) in [7, 11) is 0. The van der Waals surface area contributed by atoms with Crippen molar-refractivity contribution in [1.82, 2.24) is 0 Å². The van der Waals surface area contributed by atoms with Crippen LogP contribution in [0.25, 0.3) is 11.1 Å². The van der Waals surface area contributed by atoms with Gasteiger partial charge >= 0.3 is 0 Å². The number of hydrogen-bond donors (Lipinski definition) is 2. The third-order valence-corrected chi connectivity index (χ3v) is 2.33. The van der Waals surface area contributed by atoms with E-state index in [0.717, 1.165) is 6.07 Å². The van der Waals surface area contributed by atoms with Gasteiger partial charge in [-0.3, -0.25) is 20.4 Å². The van der Waals surface area contributed by atoms with E-state index in [9.17, 15) is 9.59 Å². The molecule has 2 aromatic rings. The summed E-state index contributed by atoms with van der Waals surface area (Å²) in [5, 5.41) is 13.5. The molecule has 0 amide bonds. The number of nitrogens with one attached hydrogen (secondary N) is 2. The van der Waals surface area contributed by atoms with Crippen LogP contribution < -0.4 is 21.6 Å². The molecule has 0 aliphatic carbocycles. The maximum absolute atomic E-state index is 11.7. The molecule has 2 rings (SSSR count). The fraction of sp³-hybridized carbons (Fsp3) is 0. The summed E-state index contributed by atoms with van der Waals surface area (Å²) in [5.74, 6) is 0. The quantitative estimate of drug-likeness (QED) is 0.692. The summed E-state index contributed by atoms with van der Waals surface area (Å²) in [5.41, 5.74) is -0.385. The van der Waals surface area contributed by atoms with E-state index in [1.807, 2.05) is 0 Å². The van der Waals surface area contributed by atoms with Gasteiger partial charge < -0.3 is 0 Å². The maximum atomic E-state index is 11.7. The molecule has 0 unspecified atom stereocenters. The van der Waals surface area contributed by atoms with Crippen molar-refractivity contribution in [3.63, 3.8) is 0 Å². The lowest BCUT2D eigenvalue weighted by atomic mass is 10.0. The average molecular weight is 212 g/mol. The van der Waals surface area contributed by atoms with Crippen molar-refractivity contribution < 1.29 is 0 Å². The first-order valence-corrected chi connectivity index (χ1v) is 4.65. The Morgan fingerprint density at radius 2 is 1.50 bits per heavy atom. The number of rotatable bonds is 1. The third-order valence-electron chi connectivity index (χ3n) is 2.33. The largest absolute Gasteiger partial charge is 0.295 e. The Kier molecular flexibility index (Phi) is 2.32. The Balaban J connectivity index is 2.89. The second-order valence-corrected chi connectivity index (χ2v) is 3.37. The SMILES string of the molecule is N=c1c(=O)cc(-c2ccccc2)c(=O)c1=N. The predicted octanol–water partition coefficient (Wildman–Crippen LogP) is -0.0915. The summed E-state index contributed by atoms with van der Waals surface area (Å²) < 4.78 is 0. The first-order chi connectivity index (χ1) is 7.61. The molecule has 0 saturated carbocycles. The zero-order valence-electron chi connectivity index (χ0n) is 8.28. The van der Waals surface area contributed by atoms with Crippen molar-refractivity contribution in [3.05, 3.63) is 67.6 Å². The molecule has 2 N–H and O–H groups in total. The lowest BCUT2D eigenvalue weighted by Gasteiger charge is -1.97. The van der Waals surface area contributed by atoms with E-state index in [1.54, 1.807) is 30.3 Å². The van der Waals surface area contributed by atoms with Crippen LogP contribution in [0.3, 0.4) is 0 Å². The highest BCUT2D eigenvalue weighted by molar-refractivity contribution is 5.62. The Morgan fingerprint density at radius 1 is 0.875 bits per heavy atom. The molecule has 0 aliphatic heterocycles. The van der Waals surface area contributed by atoms with Crippen molar-refractivity contribution in [2.45, 2.75) is 0 Å². The van der Waals surface area contributed by atoms with Gasteiger partial charge in [-0.25, -0.2) is 0 Å². The molecule has 0 bridgehead atoms. The lowest BCUT2D eigenvalue weighted by Crippen LogP contribution is -2.47. The highest BCUT2D eigenvalue weighted by Crippen LogP contribution is 2.10. The summed E-state index contributed by atoms with van der Waals surface area (Å²) >= 11 is 0. The summed E-state index contributed by atoms with van der Waals surface area (Å²) in [4.78, 5) is 23.0. The molecule has 0 spiro atoms. The van der Waals surface area contributed by atoms with Crippen LogP contribution in [0.15, 0.2) is 46.0 Å². The van der Waals surface area contributed by atoms with Crippen molar-refractivity contribution in [2.24, 2.45) is 0 Å². The molecule has 16 heavy (non-hydrogen) atoms. The van der Waals surface area contributed by atoms with Gasteiger partial charge in [-0.15, -0.1) is 0 Å². The van der Waals surface area contributed by atoms with Crippen LogP contribution in [0.4, 0.5) is 0 Å².